The third kappa shape index (κ3) is 4.98. The van der Waals surface area contributed by atoms with Gasteiger partial charge in [0, 0.05) is 36.8 Å². The number of sulfonamides is 1. The zero-order valence-corrected chi connectivity index (χ0v) is 16.1. The topological polar surface area (TPSA) is 60.9 Å². The lowest BCUT2D eigenvalue weighted by atomic mass is 10.2. The second-order valence-electron chi connectivity index (χ2n) is 6.54. The first kappa shape index (κ1) is 19.2. The van der Waals surface area contributed by atoms with Gasteiger partial charge in [-0.2, -0.15) is 0 Å². The van der Waals surface area contributed by atoms with E-state index >= 15 is 0 Å². The number of aromatic hydroxyl groups is 1. The van der Waals surface area contributed by atoms with E-state index in [1.54, 1.807) is 22.5 Å². The molecule has 7 heteroatoms. The Labute approximate surface area is 159 Å². The Morgan fingerprint density at radius 2 is 1.77 bits per heavy atom. The molecule has 1 aliphatic heterocycles. The molecule has 2 aromatic rings. The van der Waals surface area contributed by atoms with Crippen LogP contribution in [0, 0.1) is 0 Å². The van der Waals surface area contributed by atoms with Gasteiger partial charge in [0.25, 0.3) is 0 Å². The van der Waals surface area contributed by atoms with Crippen LogP contribution >= 0.6 is 11.6 Å². The summed E-state index contributed by atoms with van der Waals surface area (Å²) in [6.45, 7) is 2.94. The second-order valence-corrected chi connectivity index (χ2v) is 8.95. The average molecular weight is 395 g/mol. The normalized spacial score (nSPS) is 17.1. The predicted octanol–water partition coefficient (Wildman–Crippen LogP) is 3.08. The number of hydrogen-bond donors (Lipinski definition) is 1. The molecular weight excluding hydrogens is 372 g/mol. The SMILES string of the molecule is O=S(=O)(Cc1ccccc1)N1CCCN(Cc2cc(Cl)ccc2O)CC1. The van der Waals surface area contributed by atoms with E-state index in [1.807, 2.05) is 30.3 Å². The molecule has 0 amide bonds. The van der Waals surface area contributed by atoms with Crippen molar-refractivity contribution in [2.75, 3.05) is 26.2 Å². The number of hydrogen-bond acceptors (Lipinski definition) is 4. The van der Waals surface area contributed by atoms with Gasteiger partial charge in [0.1, 0.15) is 5.75 Å². The maximum absolute atomic E-state index is 12.7. The molecule has 1 aliphatic rings. The molecule has 0 unspecified atom stereocenters. The highest BCUT2D eigenvalue weighted by atomic mass is 35.5. The van der Waals surface area contributed by atoms with Crippen LogP contribution < -0.4 is 0 Å². The molecule has 5 nitrogen and oxygen atoms in total. The molecule has 1 fully saturated rings. The Kier molecular flexibility index (Phi) is 6.19. The zero-order valence-electron chi connectivity index (χ0n) is 14.5. The highest BCUT2D eigenvalue weighted by Crippen LogP contribution is 2.24. The molecule has 1 heterocycles. The molecule has 26 heavy (non-hydrogen) atoms. The first-order valence-electron chi connectivity index (χ1n) is 8.65. The smallest absolute Gasteiger partial charge is 0.218 e. The number of phenols is 1. The second kappa shape index (κ2) is 8.39. The van der Waals surface area contributed by atoms with Gasteiger partial charge in [-0.25, -0.2) is 12.7 Å². The van der Waals surface area contributed by atoms with Crippen LogP contribution in [0.4, 0.5) is 0 Å². The Hall–Kier alpha value is -1.60. The van der Waals surface area contributed by atoms with Crippen molar-refractivity contribution in [3.8, 4) is 5.75 Å². The summed E-state index contributed by atoms with van der Waals surface area (Å²) < 4.78 is 27.0. The van der Waals surface area contributed by atoms with E-state index in [0.717, 1.165) is 24.1 Å². The van der Waals surface area contributed by atoms with Crippen molar-refractivity contribution in [3.05, 3.63) is 64.7 Å². The van der Waals surface area contributed by atoms with Gasteiger partial charge in [0.15, 0.2) is 0 Å². The maximum Gasteiger partial charge on any atom is 0.218 e. The van der Waals surface area contributed by atoms with Crippen molar-refractivity contribution in [3.63, 3.8) is 0 Å². The van der Waals surface area contributed by atoms with Gasteiger partial charge >= 0.3 is 0 Å². The van der Waals surface area contributed by atoms with Crippen LogP contribution in [-0.4, -0.2) is 48.9 Å². The van der Waals surface area contributed by atoms with Crippen molar-refractivity contribution in [2.45, 2.75) is 18.7 Å². The van der Waals surface area contributed by atoms with Crippen LogP contribution in [0.15, 0.2) is 48.5 Å². The van der Waals surface area contributed by atoms with Crippen molar-refractivity contribution in [1.29, 1.82) is 0 Å². The molecule has 3 rings (SSSR count). The number of benzene rings is 2. The Morgan fingerprint density at radius 3 is 2.54 bits per heavy atom. The summed E-state index contributed by atoms with van der Waals surface area (Å²) in [7, 11) is -3.33. The summed E-state index contributed by atoms with van der Waals surface area (Å²) in [6, 6.07) is 14.3. The molecule has 0 saturated carbocycles. The summed E-state index contributed by atoms with van der Waals surface area (Å²) in [6.07, 6.45) is 0.759. The van der Waals surface area contributed by atoms with Crippen LogP contribution in [0.1, 0.15) is 17.5 Å². The van der Waals surface area contributed by atoms with Crippen LogP contribution in [0.2, 0.25) is 5.02 Å². The third-order valence-electron chi connectivity index (χ3n) is 4.57. The molecule has 0 aromatic heterocycles. The molecule has 0 atom stereocenters. The van der Waals surface area contributed by atoms with Gasteiger partial charge in [-0.3, -0.25) is 4.90 Å². The largest absolute Gasteiger partial charge is 0.508 e. The monoisotopic (exact) mass is 394 g/mol. The third-order valence-corrected chi connectivity index (χ3v) is 6.65. The molecule has 0 aliphatic carbocycles. The molecular formula is C19H23ClN2O3S. The minimum Gasteiger partial charge on any atom is -0.508 e. The van der Waals surface area contributed by atoms with Crippen LogP contribution in [0.3, 0.4) is 0 Å². The van der Waals surface area contributed by atoms with Crippen molar-refractivity contribution in [1.82, 2.24) is 9.21 Å². The summed E-state index contributed by atoms with van der Waals surface area (Å²) in [5.74, 6) is 0.246. The first-order valence-corrected chi connectivity index (χ1v) is 10.6. The van der Waals surface area contributed by atoms with Crippen LogP contribution in [0.25, 0.3) is 0 Å². The predicted molar refractivity (Wildman–Crippen MR) is 104 cm³/mol. The van der Waals surface area contributed by atoms with Gasteiger partial charge < -0.3 is 5.11 Å². The van der Waals surface area contributed by atoms with Crippen molar-refractivity contribution in [2.24, 2.45) is 0 Å². The standard InChI is InChI=1S/C19H23ClN2O3S/c20-18-7-8-19(23)17(13-18)14-21-9-4-10-22(12-11-21)26(24,25)15-16-5-2-1-3-6-16/h1-3,5-8,13,23H,4,9-12,14-15H2. The van der Waals surface area contributed by atoms with E-state index in [1.165, 1.54) is 0 Å². The number of halogens is 1. The van der Waals surface area contributed by atoms with Gasteiger partial charge in [0.05, 0.1) is 5.75 Å². The van der Waals surface area contributed by atoms with Gasteiger partial charge in [-0.05, 0) is 36.7 Å². The average Bonchev–Trinajstić information content (AvgIpc) is 2.85. The molecule has 1 saturated heterocycles. The maximum atomic E-state index is 12.7. The molecule has 0 spiro atoms. The van der Waals surface area contributed by atoms with E-state index in [0.29, 0.717) is 31.2 Å². The Balaban J connectivity index is 1.63. The highest BCUT2D eigenvalue weighted by Gasteiger charge is 2.25. The summed E-state index contributed by atoms with van der Waals surface area (Å²) in [5, 5.41) is 10.6. The molecule has 0 radical (unpaired) electrons. The van der Waals surface area contributed by atoms with Gasteiger partial charge in [-0.1, -0.05) is 41.9 Å². The van der Waals surface area contributed by atoms with E-state index in [-0.39, 0.29) is 11.5 Å². The lowest BCUT2D eigenvalue weighted by Crippen LogP contribution is -2.35. The van der Waals surface area contributed by atoms with Crippen molar-refractivity contribution >= 4 is 21.6 Å². The summed E-state index contributed by atoms with van der Waals surface area (Å²) in [4.78, 5) is 2.16. The van der Waals surface area contributed by atoms with Gasteiger partial charge in [0.2, 0.25) is 10.0 Å². The fourth-order valence-corrected chi connectivity index (χ4v) is 4.94. The van der Waals surface area contributed by atoms with Crippen LogP contribution in [0.5, 0.6) is 5.75 Å². The Bertz CT molecular complexity index is 843. The summed E-state index contributed by atoms with van der Waals surface area (Å²) in [5.41, 5.74) is 1.57. The van der Waals surface area contributed by atoms with Crippen molar-refractivity contribution < 1.29 is 13.5 Å². The lowest BCUT2D eigenvalue weighted by Gasteiger charge is -2.22. The molecule has 2 aromatic carbocycles. The molecule has 1 N–H and O–H groups in total. The minimum absolute atomic E-state index is 0.0307. The Morgan fingerprint density at radius 1 is 1.00 bits per heavy atom. The highest BCUT2D eigenvalue weighted by molar-refractivity contribution is 7.88. The molecule has 140 valence electrons. The fraction of sp³-hybridized carbons (Fsp3) is 0.368. The van der Waals surface area contributed by atoms with E-state index in [9.17, 15) is 13.5 Å². The zero-order chi connectivity index (χ0) is 18.6. The van der Waals surface area contributed by atoms with E-state index in [2.05, 4.69) is 4.90 Å². The lowest BCUT2D eigenvalue weighted by molar-refractivity contribution is 0.274. The van der Waals surface area contributed by atoms with E-state index < -0.39 is 10.0 Å². The number of nitrogens with zero attached hydrogens (tertiary/aromatic N) is 2. The molecule has 0 bridgehead atoms. The van der Waals surface area contributed by atoms with E-state index in [4.69, 9.17) is 11.6 Å². The summed E-state index contributed by atoms with van der Waals surface area (Å²) >= 11 is 6.01. The minimum atomic E-state index is -3.33. The first-order chi connectivity index (χ1) is 12.4. The number of rotatable bonds is 5. The van der Waals surface area contributed by atoms with Gasteiger partial charge in [-0.15, -0.1) is 0 Å². The van der Waals surface area contributed by atoms with Crippen LogP contribution in [-0.2, 0) is 22.3 Å². The fourth-order valence-electron chi connectivity index (χ4n) is 3.18. The quantitative estimate of drug-likeness (QED) is 0.846. The number of phenolic OH excluding ortho intramolecular Hbond substituents is 1.